The maximum atomic E-state index is 13.0. The smallest absolute Gasteiger partial charge is 0.240 e. The lowest BCUT2D eigenvalue weighted by Gasteiger charge is -2.37. The van der Waals surface area contributed by atoms with E-state index in [0.29, 0.717) is 13.1 Å². The van der Waals surface area contributed by atoms with Crippen LogP contribution in [-0.4, -0.2) is 73.5 Å². The third-order valence-electron chi connectivity index (χ3n) is 4.61. The van der Waals surface area contributed by atoms with E-state index in [2.05, 4.69) is 23.4 Å². The van der Waals surface area contributed by atoms with Gasteiger partial charge in [-0.2, -0.15) is 0 Å². The minimum atomic E-state index is -0.107. The minimum absolute atomic E-state index is 0.107. The Morgan fingerprint density at radius 1 is 1.38 bits per heavy atom. The normalized spacial score (nSPS) is 17.3. The van der Waals surface area contributed by atoms with Crippen LogP contribution in [0.15, 0.2) is 36.9 Å². The number of nitrogens with zero attached hydrogens (tertiary/aromatic N) is 3. The molecule has 1 saturated heterocycles. The molecule has 1 aromatic rings. The van der Waals surface area contributed by atoms with Crippen LogP contribution in [0, 0.1) is 0 Å². The molecule has 0 bridgehead atoms. The van der Waals surface area contributed by atoms with E-state index in [1.54, 1.807) is 13.2 Å². The van der Waals surface area contributed by atoms with Crippen LogP contribution in [-0.2, 0) is 11.3 Å². The highest BCUT2D eigenvalue weighted by Gasteiger charge is 2.27. The molecule has 1 fully saturated rings. The van der Waals surface area contributed by atoms with Crippen molar-refractivity contribution < 1.29 is 9.53 Å². The van der Waals surface area contributed by atoms with Crippen LogP contribution in [0.1, 0.15) is 12.5 Å². The van der Waals surface area contributed by atoms with Gasteiger partial charge in [0.2, 0.25) is 5.91 Å². The lowest BCUT2D eigenvalue weighted by molar-refractivity contribution is -0.137. The van der Waals surface area contributed by atoms with Gasteiger partial charge < -0.3 is 14.5 Å². The van der Waals surface area contributed by atoms with Crippen LogP contribution in [0.4, 0.5) is 0 Å². The summed E-state index contributed by atoms with van der Waals surface area (Å²) >= 11 is 0. The molecule has 0 aromatic heterocycles. The van der Waals surface area contributed by atoms with Gasteiger partial charge in [-0.25, -0.2) is 0 Å². The van der Waals surface area contributed by atoms with Crippen molar-refractivity contribution in [1.82, 2.24) is 14.7 Å². The van der Waals surface area contributed by atoms with Crippen molar-refractivity contribution in [3.8, 4) is 5.75 Å². The Hall–Kier alpha value is -1.85. The molecule has 24 heavy (non-hydrogen) atoms. The molecular formula is C19H29N3O2. The molecule has 2 rings (SSSR count). The zero-order chi connectivity index (χ0) is 17.5. The Morgan fingerprint density at radius 2 is 2.08 bits per heavy atom. The number of benzene rings is 1. The Kier molecular flexibility index (Phi) is 6.82. The Morgan fingerprint density at radius 3 is 2.71 bits per heavy atom. The van der Waals surface area contributed by atoms with Crippen molar-refractivity contribution in [2.45, 2.75) is 19.5 Å². The number of ether oxygens (including phenoxy) is 1. The fourth-order valence-electron chi connectivity index (χ4n) is 3.01. The Balaban J connectivity index is 2.04. The molecule has 1 heterocycles. The summed E-state index contributed by atoms with van der Waals surface area (Å²) in [5.41, 5.74) is 1.06. The van der Waals surface area contributed by atoms with Gasteiger partial charge >= 0.3 is 0 Å². The Bertz CT molecular complexity index is 553. The first-order valence-electron chi connectivity index (χ1n) is 8.50. The van der Waals surface area contributed by atoms with Gasteiger partial charge in [-0.3, -0.25) is 9.69 Å². The minimum Gasteiger partial charge on any atom is -0.497 e. The van der Waals surface area contributed by atoms with Gasteiger partial charge in [0.05, 0.1) is 13.2 Å². The molecule has 1 aliphatic rings. The van der Waals surface area contributed by atoms with Crippen LogP contribution in [0.2, 0.25) is 0 Å². The SMILES string of the molecule is C=CCN(Cc1cccc(OC)c1)C(=O)[C@@H](C)N1CCN(C)CC1. The van der Waals surface area contributed by atoms with Gasteiger partial charge in [0.1, 0.15) is 5.75 Å². The predicted octanol–water partition coefficient (Wildman–Crippen LogP) is 1.85. The summed E-state index contributed by atoms with van der Waals surface area (Å²) in [5.74, 6) is 0.966. The first-order valence-corrected chi connectivity index (χ1v) is 8.50. The van der Waals surface area contributed by atoms with Crippen LogP contribution < -0.4 is 4.74 Å². The quantitative estimate of drug-likeness (QED) is 0.715. The van der Waals surface area contributed by atoms with Crippen molar-refractivity contribution in [1.29, 1.82) is 0 Å². The maximum absolute atomic E-state index is 13.0. The zero-order valence-corrected chi connectivity index (χ0v) is 15.1. The lowest BCUT2D eigenvalue weighted by Crippen LogP contribution is -2.53. The van der Waals surface area contributed by atoms with E-state index in [-0.39, 0.29) is 11.9 Å². The summed E-state index contributed by atoms with van der Waals surface area (Å²) in [6.07, 6.45) is 1.79. The Labute approximate surface area is 145 Å². The summed E-state index contributed by atoms with van der Waals surface area (Å²) in [7, 11) is 3.78. The number of rotatable bonds is 7. The standard InChI is InChI=1S/C19H29N3O2/c1-5-9-22(15-17-7-6-8-18(14-17)24-4)19(23)16(2)21-12-10-20(3)11-13-21/h5-8,14,16H,1,9-13,15H2,2-4H3/t16-/m1/s1. The van der Waals surface area contributed by atoms with Gasteiger partial charge in [0, 0.05) is 39.3 Å². The lowest BCUT2D eigenvalue weighted by atomic mass is 10.1. The predicted molar refractivity (Wildman–Crippen MR) is 97.1 cm³/mol. The first-order chi connectivity index (χ1) is 11.5. The van der Waals surface area contributed by atoms with Crippen molar-refractivity contribution in [2.75, 3.05) is 46.9 Å². The van der Waals surface area contributed by atoms with Crippen molar-refractivity contribution >= 4 is 5.91 Å². The third kappa shape index (κ3) is 4.82. The second kappa shape index (κ2) is 8.85. The monoisotopic (exact) mass is 331 g/mol. The maximum Gasteiger partial charge on any atom is 0.240 e. The number of carbonyl (C=O) groups is 1. The fourth-order valence-corrected chi connectivity index (χ4v) is 3.01. The summed E-state index contributed by atoms with van der Waals surface area (Å²) < 4.78 is 5.27. The van der Waals surface area contributed by atoms with Gasteiger partial charge in [-0.1, -0.05) is 18.2 Å². The molecule has 5 nitrogen and oxygen atoms in total. The fraction of sp³-hybridized carbons (Fsp3) is 0.526. The molecule has 0 unspecified atom stereocenters. The number of likely N-dealkylation sites (N-methyl/N-ethyl adjacent to an activating group) is 1. The van der Waals surface area contributed by atoms with E-state index in [9.17, 15) is 4.79 Å². The van der Waals surface area contributed by atoms with Gasteiger partial charge in [-0.15, -0.1) is 6.58 Å². The number of hydrogen-bond donors (Lipinski definition) is 0. The van der Waals surface area contributed by atoms with Crippen molar-refractivity contribution in [2.24, 2.45) is 0 Å². The molecule has 0 N–H and O–H groups in total. The second-order valence-electron chi connectivity index (χ2n) is 6.37. The number of carbonyl (C=O) groups excluding carboxylic acids is 1. The molecule has 0 spiro atoms. The largest absolute Gasteiger partial charge is 0.497 e. The van der Waals surface area contributed by atoms with E-state index in [1.165, 1.54) is 0 Å². The molecule has 1 aliphatic heterocycles. The van der Waals surface area contributed by atoms with Gasteiger partial charge in [0.25, 0.3) is 0 Å². The molecule has 1 aromatic carbocycles. The topological polar surface area (TPSA) is 36.0 Å². The summed E-state index contributed by atoms with van der Waals surface area (Å²) in [4.78, 5) is 19.4. The highest BCUT2D eigenvalue weighted by atomic mass is 16.5. The number of hydrogen-bond acceptors (Lipinski definition) is 4. The van der Waals surface area contributed by atoms with Gasteiger partial charge in [-0.05, 0) is 31.7 Å². The summed E-state index contributed by atoms with van der Waals surface area (Å²) in [6, 6.07) is 7.75. The highest BCUT2D eigenvalue weighted by Crippen LogP contribution is 2.16. The molecule has 1 amide bonds. The zero-order valence-electron chi connectivity index (χ0n) is 15.1. The number of methoxy groups -OCH3 is 1. The van der Waals surface area contributed by atoms with Crippen molar-refractivity contribution in [3.05, 3.63) is 42.5 Å². The summed E-state index contributed by atoms with van der Waals surface area (Å²) in [6.45, 7) is 10.8. The van der Waals surface area contributed by atoms with Crippen LogP contribution in [0.3, 0.4) is 0 Å². The average molecular weight is 331 g/mol. The third-order valence-corrected chi connectivity index (χ3v) is 4.61. The van der Waals surface area contributed by atoms with E-state index in [0.717, 1.165) is 37.5 Å². The summed E-state index contributed by atoms with van der Waals surface area (Å²) in [5, 5.41) is 0. The molecule has 0 saturated carbocycles. The van der Waals surface area contributed by atoms with Crippen LogP contribution in [0.25, 0.3) is 0 Å². The van der Waals surface area contributed by atoms with E-state index < -0.39 is 0 Å². The average Bonchev–Trinajstić information content (AvgIpc) is 2.61. The van der Waals surface area contributed by atoms with E-state index in [4.69, 9.17) is 4.74 Å². The second-order valence-corrected chi connectivity index (χ2v) is 6.37. The van der Waals surface area contributed by atoms with Crippen molar-refractivity contribution in [3.63, 3.8) is 0 Å². The van der Waals surface area contributed by atoms with Crippen LogP contribution >= 0.6 is 0 Å². The van der Waals surface area contributed by atoms with E-state index in [1.807, 2.05) is 36.1 Å². The van der Waals surface area contributed by atoms with E-state index >= 15 is 0 Å². The first kappa shape index (κ1) is 18.5. The highest BCUT2D eigenvalue weighted by molar-refractivity contribution is 5.81. The molecule has 5 heteroatoms. The molecule has 132 valence electrons. The molecular weight excluding hydrogens is 302 g/mol. The number of amides is 1. The van der Waals surface area contributed by atoms with Crippen LogP contribution in [0.5, 0.6) is 5.75 Å². The molecule has 1 atom stereocenters. The molecule has 0 radical (unpaired) electrons. The number of piperazine rings is 1. The molecule has 0 aliphatic carbocycles. The van der Waals surface area contributed by atoms with Gasteiger partial charge in [0.15, 0.2) is 0 Å².